The minimum Gasteiger partial charge on any atom is -0.396 e. The molecule has 1 aromatic carbocycles. The van der Waals surface area contributed by atoms with Crippen LogP contribution in [-0.2, 0) is 6.40 Å². The molecule has 1 rings (SSSR count). The van der Waals surface area contributed by atoms with Crippen molar-refractivity contribution in [2.75, 3.05) is 6.61 Å². The highest BCUT2D eigenvalue weighted by Crippen LogP contribution is 2.14. The van der Waals surface area contributed by atoms with Gasteiger partial charge in [0.05, 0.1) is 0 Å². The van der Waals surface area contributed by atoms with E-state index in [-0.39, 0.29) is 18.9 Å². The van der Waals surface area contributed by atoms with Crippen molar-refractivity contribution in [3.8, 4) is 0 Å². The highest BCUT2D eigenvalue weighted by Gasteiger charge is 2.07. The van der Waals surface area contributed by atoms with Gasteiger partial charge >= 0.3 is 0 Å². The Kier molecular flexibility index (Phi) is 4.59. The lowest BCUT2D eigenvalue weighted by Gasteiger charge is -2.13. The maximum atomic E-state index is 9.26. The first-order chi connectivity index (χ1) is 7.29. The van der Waals surface area contributed by atoms with Crippen LogP contribution in [-0.4, -0.2) is 11.7 Å². The molecule has 0 aliphatic rings. The number of hydrogen-bond acceptors (Lipinski definition) is 1. The molecular formula is C13H20O. The van der Waals surface area contributed by atoms with Gasteiger partial charge in [0.15, 0.2) is 0 Å². The molecule has 0 amide bonds. The van der Waals surface area contributed by atoms with E-state index in [1.54, 1.807) is 0 Å². The molecule has 0 bridgehead atoms. The Morgan fingerprint density at radius 1 is 1.36 bits per heavy atom. The van der Waals surface area contributed by atoms with Gasteiger partial charge in [-0.15, -0.1) is 0 Å². The van der Waals surface area contributed by atoms with E-state index in [1.165, 1.54) is 0 Å². The van der Waals surface area contributed by atoms with Gasteiger partial charge in [-0.05, 0) is 24.3 Å². The second kappa shape index (κ2) is 6.61. The van der Waals surface area contributed by atoms with Crippen LogP contribution in [0.1, 0.15) is 33.1 Å². The van der Waals surface area contributed by atoms with E-state index in [4.69, 9.17) is 1.37 Å². The molecular weight excluding hydrogens is 172 g/mol. The van der Waals surface area contributed by atoms with Gasteiger partial charge in [0.1, 0.15) is 0 Å². The molecule has 14 heavy (non-hydrogen) atoms. The van der Waals surface area contributed by atoms with Crippen LogP contribution in [0.4, 0.5) is 0 Å². The molecule has 78 valence electrons. The highest BCUT2D eigenvalue weighted by molar-refractivity contribution is 5.15. The van der Waals surface area contributed by atoms with Crippen LogP contribution in [0.25, 0.3) is 0 Å². The summed E-state index contributed by atoms with van der Waals surface area (Å²) in [6.07, 6.45) is 2.87. The monoisotopic (exact) mass is 193 g/mol. The predicted octanol–water partition coefficient (Wildman–Crippen LogP) is 3.03. The van der Waals surface area contributed by atoms with E-state index >= 15 is 0 Å². The molecule has 1 aromatic rings. The molecule has 0 radical (unpaired) electrons. The zero-order chi connectivity index (χ0) is 11.1. The summed E-state index contributed by atoms with van der Waals surface area (Å²) in [7, 11) is 0. The largest absolute Gasteiger partial charge is 0.396 e. The molecule has 1 nitrogen and oxygen atoms in total. The van der Waals surface area contributed by atoms with Crippen molar-refractivity contribution in [3.63, 3.8) is 0 Å². The van der Waals surface area contributed by atoms with Crippen molar-refractivity contribution in [3.05, 3.63) is 35.9 Å². The number of hydrogen-bond donors (Lipinski definition) is 1. The molecule has 0 heterocycles. The van der Waals surface area contributed by atoms with Crippen LogP contribution in [0.15, 0.2) is 30.3 Å². The van der Waals surface area contributed by atoms with Gasteiger partial charge in [-0.1, -0.05) is 50.1 Å². The van der Waals surface area contributed by atoms with Crippen molar-refractivity contribution in [2.24, 2.45) is 5.92 Å². The molecule has 0 spiro atoms. The minimum absolute atomic E-state index is 0.0762. The molecule has 0 saturated carbocycles. The lowest BCUT2D eigenvalue weighted by atomic mass is 9.95. The molecule has 0 aliphatic carbocycles. The lowest BCUT2D eigenvalue weighted by molar-refractivity contribution is 0.215. The Balaban J connectivity index is 2.60. The number of unbranched alkanes of at least 4 members (excludes halogenated alkanes) is 1. The molecule has 1 N–H and O–H groups in total. The quantitative estimate of drug-likeness (QED) is 0.736. The number of rotatable bonds is 6. The molecule has 2 atom stereocenters. The summed E-state index contributed by atoms with van der Waals surface area (Å²) >= 11 is 0. The van der Waals surface area contributed by atoms with Gasteiger partial charge in [-0.2, -0.15) is 0 Å². The van der Waals surface area contributed by atoms with E-state index in [0.717, 1.165) is 24.8 Å². The van der Waals surface area contributed by atoms with E-state index in [9.17, 15) is 5.11 Å². The van der Waals surface area contributed by atoms with Gasteiger partial charge < -0.3 is 5.11 Å². The summed E-state index contributed by atoms with van der Waals surface area (Å²) in [6.45, 7) is 2.25. The van der Waals surface area contributed by atoms with Crippen LogP contribution in [0.2, 0.25) is 0 Å². The Hall–Kier alpha value is -0.820. The average molecular weight is 193 g/mol. The Bertz CT molecular complexity index is 260. The minimum atomic E-state index is -0.289. The summed E-state index contributed by atoms with van der Waals surface area (Å²) in [5.74, 6) is 0.0762. The highest BCUT2D eigenvalue weighted by atomic mass is 16.3. The summed E-state index contributed by atoms with van der Waals surface area (Å²) < 4.78 is 8.09. The normalized spacial score (nSPS) is 16.0. The molecule has 0 aromatic heterocycles. The lowest BCUT2D eigenvalue weighted by Crippen LogP contribution is -2.09. The van der Waals surface area contributed by atoms with Crippen LogP contribution >= 0.6 is 0 Å². The maximum Gasteiger partial charge on any atom is 0.0462 e. The first-order valence-electron chi connectivity index (χ1n) is 5.95. The van der Waals surface area contributed by atoms with Gasteiger partial charge in [0.25, 0.3) is 0 Å². The standard InChI is InChI=1S/C13H20O/c1-2-3-7-13(11-14)10-12-8-5-4-6-9-12/h4-6,8-9,13-14H,2-3,7,10-11H2,1H3/t13-/m0/s1/i10D/t10-,13-. The van der Waals surface area contributed by atoms with Crippen LogP contribution in [0.5, 0.6) is 0 Å². The number of benzene rings is 1. The summed E-state index contributed by atoms with van der Waals surface area (Å²) in [5, 5.41) is 9.26. The molecule has 0 unspecified atom stereocenters. The third-order valence-corrected chi connectivity index (χ3v) is 2.39. The van der Waals surface area contributed by atoms with Crippen LogP contribution in [0.3, 0.4) is 0 Å². The zero-order valence-corrected chi connectivity index (χ0v) is 8.82. The fourth-order valence-corrected chi connectivity index (χ4v) is 1.53. The second-order valence-corrected chi connectivity index (χ2v) is 3.66. The molecule has 1 heteroatoms. The average Bonchev–Trinajstić information content (AvgIpc) is 2.31. The van der Waals surface area contributed by atoms with Gasteiger partial charge in [-0.25, -0.2) is 0 Å². The molecule has 0 aliphatic heterocycles. The Morgan fingerprint density at radius 2 is 2.07 bits per heavy atom. The van der Waals surface area contributed by atoms with E-state index in [2.05, 4.69) is 6.92 Å². The van der Waals surface area contributed by atoms with Crippen LogP contribution in [0, 0.1) is 5.92 Å². The maximum absolute atomic E-state index is 9.26. The van der Waals surface area contributed by atoms with Crippen molar-refractivity contribution >= 4 is 0 Å². The van der Waals surface area contributed by atoms with E-state index < -0.39 is 0 Å². The SMILES string of the molecule is [2H][C@@H](c1ccccc1)[C@@H](CO)CCCC. The third-order valence-electron chi connectivity index (χ3n) is 2.39. The van der Waals surface area contributed by atoms with E-state index in [0.29, 0.717) is 0 Å². The summed E-state index contributed by atoms with van der Waals surface area (Å²) in [6, 6.07) is 9.78. The number of aliphatic hydroxyl groups is 1. The molecule has 0 saturated heterocycles. The Labute approximate surface area is 88.2 Å². The van der Waals surface area contributed by atoms with Crippen molar-refractivity contribution in [1.29, 1.82) is 0 Å². The summed E-state index contributed by atoms with van der Waals surface area (Å²) in [5.41, 5.74) is 1.01. The molecule has 0 fully saturated rings. The first kappa shape index (κ1) is 9.72. The zero-order valence-electron chi connectivity index (χ0n) is 9.82. The second-order valence-electron chi connectivity index (χ2n) is 3.66. The van der Waals surface area contributed by atoms with Gasteiger partial charge in [0.2, 0.25) is 0 Å². The Morgan fingerprint density at radius 3 is 2.64 bits per heavy atom. The van der Waals surface area contributed by atoms with Gasteiger partial charge in [-0.3, -0.25) is 0 Å². The first-order valence-corrected chi connectivity index (χ1v) is 5.37. The smallest absolute Gasteiger partial charge is 0.0462 e. The van der Waals surface area contributed by atoms with Crippen molar-refractivity contribution < 1.29 is 6.48 Å². The van der Waals surface area contributed by atoms with Crippen molar-refractivity contribution in [2.45, 2.75) is 32.6 Å². The third kappa shape index (κ3) is 3.93. The number of aliphatic hydroxyl groups excluding tert-OH is 1. The van der Waals surface area contributed by atoms with E-state index in [1.807, 2.05) is 30.3 Å². The predicted molar refractivity (Wildman–Crippen MR) is 60.2 cm³/mol. The van der Waals surface area contributed by atoms with Crippen molar-refractivity contribution in [1.82, 2.24) is 0 Å². The van der Waals surface area contributed by atoms with Crippen LogP contribution < -0.4 is 0 Å². The fraction of sp³-hybridized carbons (Fsp3) is 0.538. The van der Waals surface area contributed by atoms with Gasteiger partial charge in [0, 0.05) is 7.98 Å². The summed E-state index contributed by atoms with van der Waals surface area (Å²) in [4.78, 5) is 0. The topological polar surface area (TPSA) is 20.2 Å². The fourth-order valence-electron chi connectivity index (χ4n) is 1.53.